The molecule has 1 atom stereocenters. The predicted molar refractivity (Wildman–Crippen MR) is 44.2 cm³/mol. The molecule has 9 heavy (non-hydrogen) atoms. The standard InChI is InChI=1S/C7H16OS/c1-3-7(9)5-4-6-8-2/h7,9H,3-6H2,1-2H3. The molecule has 2 heteroatoms. The third-order valence-corrected chi connectivity index (χ3v) is 1.98. The fraction of sp³-hybridized carbons (Fsp3) is 1.00. The van der Waals surface area contributed by atoms with Crippen LogP contribution in [0.2, 0.25) is 0 Å². The second kappa shape index (κ2) is 6.43. The Hall–Kier alpha value is 0.310. The van der Waals surface area contributed by atoms with Crippen LogP contribution in [0.15, 0.2) is 0 Å². The maximum absolute atomic E-state index is 4.90. The average Bonchev–Trinajstić information content (AvgIpc) is 1.89. The van der Waals surface area contributed by atoms with Crippen LogP contribution < -0.4 is 0 Å². The summed E-state index contributed by atoms with van der Waals surface area (Å²) in [5, 5.41) is 0.570. The number of ether oxygens (including phenoxy) is 1. The highest BCUT2D eigenvalue weighted by molar-refractivity contribution is 7.80. The van der Waals surface area contributed by atoms with Crippen molar-refractivity contribution in [1.29, 1.82) is 0 Å². The molecule has 0 N–H and O–H groups in total. The minimum atomic E-state index is 0.570. The topological polar surface area (TPSA) is 9.23 Å². The summed E-state index contributed by atoms with van der Waals surface area (Å²) in [6.07, 6.45) is 3.47. The van der Waals surface area contributed by atoms with Crippen molar-refractivity contribution in [2.24, 2.45) is 0 Å². The highest BCUT2D eigenvalue weighted by Gasteiger charge is 1.97. The van der Waals surface area contributed by atoms with E-state index in [0.29, 0.717) is 5.25 Å². The van der Waals surface area contributed by atoms with E-state index in [2.05, 4.69) is 19.6 Å². The van der Waals surface area contributed by atoms with Crippen molar-refractivity contribution in [3.05, 3.63) is 0 Å². The van der Waals surface area contributed by atoms with Crippen molar-refractivity contribution in [2.45, 2.75) is 31.4 Å². The zero-order chi connectivity index (χ0) is 7.11. The van der Waals surface area contributed by atoms with Crippen LogP contribution in [0.4, 0.5) is 0 Å². The van der Waals surface area contributed by atoms with Crippen LogP contribution in [0.5, 0.6) is 0 Å². The van der Waals surface area contributed by atoms with Gasteiger partial charge < -0.3 is 4.74 Å². The van der Waals surface area contributed by atoms with E-state index in [1.807, 2.05) is 0 Å². The third kappa shape index (κ3) is 6.19. The molecule has 0 fully saturated rings. The molecule has 0 radical (unpaired) electrons. The Morgan fingerprint density at radius 2 is 2.22 bits per heavy atom. The second-order valence-corrected chi connectivity index (χ2v) is 2.93. The fourth-order valence-corrected chi connectivity index (χ4v) is 0.850. The van der Waals surface area contributed by atoms with Crippen molar-refractivity contribution in [3.8, 4) is 0 Å². The first-order valence-corrected chi connectivity index (χ1v) is 4.00. The van der Waals surface area contributed by atoms with Crippen molar-refractivity contribution in [3.63, 3.8) is 0 Å². The average molecular weight is 148 g/mol. The number of thiol groups is 1. The molecule has 1 nitrogen and oxygen atoms in total. The van der Waals surface area contributed by atoms with Crippen LogP contribution in [0.1, 0.15) is 26.2 Å². The predicted octanol–water partition coefficient (Wildman–Crippen LogP) is 2.12. The summed E-state index contributed by atoms with van der Waals surface area (Å²) < 4.78 is 4.90. The molecule has 0 aromatic carbocycles. The van der Waals surface area contributed by atoms with Gasteiger partial charge in [-0.15, -0.1) is 0 Å². The molecular formula is C7H16OS. The van der Waals surface area contributed by atoms with Crippen molar-refractivity contribution in [2.75, 3.05) is 13.7 Å². The minimum Gasteiger partial charge on any atom is -0.385 e. The van der Waals surface area contributed by atoms with Gasteiger partial charge in [0, 0.05) is 19.0 Å². The van der Waals surface area contributed by atoms with Gasteiger partial charge in [0.15, 0.2) is 0 Å². The third-order valence-electron chi connectivity index (χ3n) is 1.36. The summed E-state index contributed by atoms with van der Waals surface area (Å²) in [7, 11) is 1.74. The van der Waals surface area contributed by atoms with Crippen LogP contribution in [0.25, 0.3) is 0 Å². The Kier molecular flexibility index (Phi) is 6.65. The Balaban J connectivity index is 2.88. The van der Waals surface area contributed by atoms with E-state index < -0.39 is 0 Å². The van der Waals surface area contributed by atoms with Gasteiger partial charge in [0.1, 0.15) is 0 Å². The maximum atomic E-state index is 4.90. The van der Waals surface area contributed by atoms with Gasteiger partial charge in [-0.1, -0.05) is 6.92 Å². The first kappa shape index (κ1) is 9.31. The van der Waals surface area contributed by atoms with Gasteiger partial charge in [0.2, 0.25) is 0 Å². The molecule has 0 spiro atoms. The Morgan fingerprint density at radius 1 is 1.56 bits per heavy atom. The molecule has 0 aliphatic heterocycles. The molecule has 0 saturated carbocycles. The summed E-state index contributed by atoms with van der Waals surface area (Å²) in [6.45, 7) is 3.03. The van der Waals surface area contributed by atoms with E-state index in [9.17, 15) is 0 Å². The van der Waals surface area contributed by atoms with E-state index in [1.165, 1.54) is 6.42 Å². The molecule has 0 saturated heterocycles. The van der Waals surface area contributed by atoms with E-state index in [1.54, 1.807) is 7.11 Å². The van der Waals surface area contributed by atoms with Crippen LogP contribution in [-0.4, -0.2) is 19.0 Å². The van der Waals surface area contributed by atoms with Gasteiger partial charge >= 0.3 is 0 Å². The van der Waals surface area contributed by atoms with E-state index >= 15 is 0 Å². The molecule has 0 bridgehead atoms. The number of rotatable bonds is 5. The van der Waals surface area contributed by atoms with E-state index in [4.69, 9.17) is 4.74 Å². The Morgan fingerprint density at radius 3 is 2.67 bits per heavy atom. The quantitative estimate of drug-likeness (QED) is 0.464. The summed E-state index contributed by atoms with van der Waals surface area (Å²) in [6, 6.07) is 0. The molecule has 1 unspecified atom stereocenters. The van der Waals surface area contributed by atoms with Crippen LogP contribution >= 0.6 is 12.6 Å². The van der Waals surface area contributed by atoms with Crippen LogP contribution in [0, 0.1) is 0 Å². The monoisotopic (exact) mass is 148 g/mol. The lowest BCUT2D eigenvalue weighted by Gasteiger charge is -2.05. The number of hydrogen-bond donors (Lipinski definition) is 1. The Labute approximate surface area is 63.2 Å². The van der Waals surface area contributed by atoms with Gasteiger partial charge in [-0.2, -0.15) is 12.6 Å². The zero-order valence-corrected chi connectivity index (χ0v) is 7.16. The van der Waals surface area contributed by atoms with E-state index in [0.717, 1.165) is 19.4 Å². The van der Waals surface area contributed by atoms with Gasteiger partial charge in [0.25, 0.3) is 0 Å². The molecule has 0 aromatic rings. The molecule has 0 amide bonds. The highest BCUT2D eigenvalue weighted by Crippen LogP contribution is 2.07. The van der Waals surface area contributed by atoms with Crippen molar-refractivity contribution < 1.29 is 4.74 Å². The van der Waals surface area contributed by atoms with Crippen molar-refractivity contribution >= 4 is 12.6 Å². The lowest BCUT2D eigenvalue weighted by Crippen LogP contribution is -1.98. The fourth-order valence-electron chi connectivity index (χ4n) is 0.667. The van der Waals surface area contributed by atoms with E-state index in [-0.39, 0.29) is 0 Å². The summed E-state index contributed by atoms with van der Waals surface area (Å²) in [4.78, 5) is 0. The molecular weight excluding hydrogens is 132 g/mol. The first-order chi connectivity index (χ1) is 4.31. The SMILES string of the molecule is CCC(S)CCCOC. The molecule has 0 heterocycles. The Bertz CT molecular complexity index is 56.9. The minimum absolute atomic E-state index is 0.570. The van der Waals surface area contributed by atoms with Gasteiger partial charge in [-0.25, -0.2) is 0 Å². The summed E-state index contributed by atoms with van der Waals surface area (Å²) in [5.74, 6) is 0. The lowest BCUT2D eigenvalue weighted by molar-refractivity contribution is 0.192. The largest absolute Gasteiger partial charge is 0.385 e. The smallest absolute Gasteiger partial charge is 0.0462 e. The van der Waals surface area contributed by atoms with Crippen LogP contribution in [-0.2, 0) is 4.74 Å². The van der Waals surface area contributed by atoms with Gasteiger partial charge in [-0.3, -0.25) is 0 Å². The highest BCUT2D eigenvalue weighted by atomic mass is 32.1. The second-order valence-electron chi connectivity index (χ2n) is 2.20. The summed E-state index contributed by atoms with van der Waals surface area (Å²) in [5.41, 5.74) is 0. The zero-order valence-electron chi connectivity index (χ0n) is 6.26. The molecule has 0 rings (SSSR count). The van der Waals surface area contributed by atoms with Gasteiger partial charge in [-0.05, 0) is 19.3 Å². The number of methoxy groups -OCH3 is 1. The lowest BCUT2D eigenvalue weighted by atomic mass is 10.2. The van der Waals surface area contributed by atoms with Gasteiger partial charge in [0.05, 0.1) is 0 Å². The van der Waals surface area contributed by atoms with Crippen LogP contribution in [0.3, 0.4) is 0 Å². The summed E-state index contributed by atoms with van der Waals surface area (Å²) >= 11 is 4.35. The number of hydrogen-bond acceptors (Lipinski definition) is 2. The molecule has 0 aliphatic rings. The normalized spacial score (nSPS) is 13.7. The maximum Gasteiger partial charge on any atom is 0.0462 e. The van der Waals surface area contributed by atoms with Crippen molar-refractivity contribution in [1.82, 2.24) is 0 Å². The molecule has 0 aromatic heterocycles. The molecule has 0 aliphatic carbocycles. The molecule has 56 valence electrons. The first-order valence-electron chi connectivity index (χ1n) is 3.48.